The van der Waals surface area contributed by atoms with E-state index < -0.39 is 18.1 Å². The van der Waals surface area contributed by atoms with Crippen molar-refractivity contribution < 1.29 is 24.2 Å². The lowest BCUT2D eigenvalue weighted by molar-refractivity contribution is -0.146. The number of carboxylic acid groups (broad SMARTS) is 1. The van der Waals surface area contributed by atoms with Crippen LogP contribution in [0.25, 0.3) is 11.1 Å². The van der Waals surface area contributed by atoms with Gasteiger partial charge < -0.3 is 20.1 Å². The van der Waals surface area contributed by atoms with Crippen LogP contribution >= 0.6 is 0 Å². The second kappa shape index (κ2) is 11.4. The Morgan fingerprint density at radius 1 is 1.03 bits per heavy atom. The first-order valence-corrected chi connectivity index (χ1v) is 12.6. The number of benzene rings is 2. The van der Waals surface area contributed by atoms with Gasteiger partial charge >= 0.3 is 12.1 Å². The van der Waals surface area contributed by atoms with E-state index in [4.69, 9.17) is 4.74 Å². The summed E-state index contributed by atoms with van der Waals surface area (Å²) in [6.07, 6.45) is 4.58. The number of amides is 2. The molecular formula is C28H34N2O5. The predicted octanol–water partition coefficient (Wildman–Crippen LogP) is 4.94. The number of aliphatic carboxylic acids is 1. The van der Waals surface area contributed by atoms with E-state index in [1.165, 1.54) is 4.90 Å². The van der Waals surface area contributed by atoms with E-state index in [1.54, 1.807) is 0 Å². The van der Waals surface area contributed by atoms with Crippen LogP contribution in [0.2, 0.25) is 0 Å². The van der Waals surface area contributed by atoms with Crippen molar-refractivity contribution in [3.63, 3.8) is 0 Å². The smallest absolute Gasteiger partial charge is 0.407 e. The van der Waals surface area contributed by atoms with Crippen LogP contribution in [0.5, 0.6) is 0 Å². The van der Waals surface area contributed by atoms with Gasteiger partial charge in [0.1, 0.15) is 13.2 Å². The van der Waals surface area contributed by atoms with Gasteiger partial charge in [-0.15, -0.1) is 0 Å². The van der Waals surface area contributed by atoms with Crippen LogP contribution in [0.15, 0.2) is 48.5 Å². The zero-order valence-electron chi connectivity index (χ0n) is 20.2. The largest absolute Gasteiger partial charge is 0.480 e. The molecule has 1 atom stereocenters. The maximum absolute atomic E-state index is 13.0. The monoisotopic (exact) mass is 478 g/mol. The fourth-order valence-electron chi connectivity index (χ4n) is 5.49. The van der Waals surface area contributed by atoms with Gasteiger partial charge in [0.2, 0.25) is 5.91 Å². The number of hydrogen-bond donors (Lipinski definition) is 2. The zero-order chi connectivity index (χ0) is 24.8. The Morgan fingerprint density at radius 2 is 1.63 bits per heavy atom. The Balaban J connectivity index is 1.37. The van der Waals surface area contributed by atoms with Crippen LogP contribution in [0, 0.1) is 0 Å². The summed E-state index contributed by atoms with van der Waals surface area (Å²) in [6.45, 7) is 1.90. The number of carboxylic acids is 1. The number of alkyl carbamates (subject to hydrolysis) is 1. The van der Waals surface area contributed by atoms with Gasteiger partial charge in [-0.25, -0.2) is 4.79 Å². The van der Waals surface area contributed by atoms with Crippen molar-refractivity contribution in [3.05, 3.63) is 59.7 Å². The molecule has 2 amide bonds. The molecular weight excluding hydrogens is 444 g/mol. The number of ether oxygens (including phenoxy) is 1. The summed E-state index contributed by atoms with van der Waals surface area (Å²) in [5, 5.41) is 12.2. The van der Waals surface area contributed by atoms with Gasteiger partial charge in [0.25, 0.3) is 0 Å². The molecule has 35 heavy (non-hydrogen) atoms. The molecule has 0 aromatic heterocycles. The molecule has 0 heterocycles. The molecule has 7 nitrogen and oxygen atoms in total. The van der Waals surface area contributed by atoms with E-state index in [9.17, 15) is 19.5 Å². The highest BCUT2D eigenvalue weighted by Crippen LogP contribution is 2.44. The minimum atomic E-state index is -1.01. The first kappa shape index (κ1) is 24.8. The Hall–Kier alpha value is -3.35. The molecule has 0 spiro atoms. The normalized spacial score (nSPS) is 15.8. The van der Waals surface area contributed by atoms with Crippen LogP contribution in [0.1, 0.15) is 68.9 Å². The molecule has 0 saturated heterocycles. The topological polar surface area (TPSA) is 95.9 Å². The molecule has 0 radical (unpaired) electrons. The van der Waals surface area contributed by atoms with Gasteiger partial charge in [-0.3, -0.25) is 9.59 Å². The van der Waals surface area contributed by atoms with E-state index >= 15 is 0 Å². The number of nitrogens with zero attached hydrogens (tertiary/aromatic N) is 1. The first-order valence-electron chi connectivity index (χ1n) is 12.6. The molecule has 1 fully saturated rings. The van der Waals surface area contributed by atoms with E-state index in [0.717, 1.165) is 54.4 Å². The Morgan fingerprint density at radius 3 is 2.20 bits per heavy atom. The van der Waals surface area contributed by atoms with Crippen molar-refractivity contribution >= 4 is 18.0 Å². The molecule has 0 aliphatic heterocycles. The van der Waals surface area contributed by atoms with Gasteiger partial charge in [-0.1, -0.05) is 74.7 Å². The highest BCUT2D eigenvalue weighted by molar-refractivity contribution is 5.83. The van der Waals surface area contributed by atoms with Crippen LogP contribution in [-0.4, -0.2) is 53.2 Å². The average molecular weight is 479 g/mol. The quantitative estimate of drug-likeness (QED) is 0.504. The van der Waals surface area contributed by atoms with Crippen LogP contribution in [-0.2, 0) is 14.3 Å². The summed E-state index contributed by atoms with van der Waals surface area (Å²) in [4.78, 5) is 38.6. The van der Waals surface area contributed by atoms with Crippen molar-refractivity contribution in [2.45, 2.75) is 69.9 Å². The highest BCUT2D eigenvalue weighted by atomic mass is 16.5. The SMILES string of the molecule is CCC[C@@H](CC(=O)N(CC(=O)O)C1CCCC1)NC(=O)OCC1c2ccccc2-c2ccccc21. The molecule has 2 aromatic rings. The summed E-state index contributed by atoms with van der Waals surface area (Å²) in [6, 6.07) is 15.9. The van der Waals surface area contributed by atoms with Crippen LogP contribution in [0.4, 0.5) is 4.79 Å². The minimum Gasteiger partial charge on any atom is -0.480 e. The number of rotatable bonds is 10. The minimum absolute atomic E-state index is 0.0321. The molecule has 186 valence electrons. The third kappa shape index (κ3) is 5.84. The predicted molar refractivity (Wildman–Crippen MR) is 133 cm³/mol. The molecule has 0 bridgehead atoms. The average Bonchev–Trinajstić information content (AvgIpc) is 3.48. The molecule has 4 rings (SSSR count). The van der Waals surface area contributed by atoms with Gasteiger partial charge in [-0.05, 0) is 41.5 Å². The van der Waals surface area contributed by atoms with E-state index in [-0.39, 0.29) is 37.4 Å². The van der Waals surface area contributed by atoms with E-state index in [2.05, 4.69) is 29.6 Å². The Labute approximate surface area is 206 Å². The van der Waals surface area contributed by atoms with Crippen molar-refractivity contribution in [1.29, 1.82) is 0 Å². The first-order chi connectivity index (χ1) is 17.0. The lowest BCUT2D eigenvalue weighted by Crippen LogP contribution is -2.46. The van der Waals surface area contributed by atoms with Crippen LogP contribution < -0.4 is 5.32 Å². The number of fused-ring (bicyclic) bond motifs is 3. The summed E-state index contributed by atoms with van der Waals surface area (Å²) in [5.74, 6) is -1.27. The maximum Gasteiger partial charge on any atom is 0.407 e. The second-order valence-electron chi connectivity index (χ2n) is 9.51. The molecule has 2 aliphatic carbocycles. The number of hydrogen-bond acceptors (Lipinski definition) is 4. The molecule has 2 aliphatic rings. The van der Waals surface area contributed by atoms with Gasteiger partial charge in [0, 0.05) is 24.4 Å². The van der Waals surface area contributed by atoms with Crippen molar-refractivity contribution in [2.24, 2.45) is 0 Å². The summed E-state index contributed by atoms with van der Waals surface area (Å²) >= 11 is 0. The third-order valence-corrected chi connectivity index (χ3v) is 7.12. The standard InChI is InChI=1S/C28H34N2O5/c1-2-9-19(16-26(31)30(17-27(32)33)20-10-3-4-11-20)29-28(34)35-18-25-23-14-7-5-12-21(23)22-13-6-8-15-24(22)25/h5-8,12-15,19-20,25H,2-4,9-11,16-18H2,1H3,(H,29,34)(H,32,33)/t19-/m0/s1. The van der Waals surface area contributed by atoms with Gasteiger partial charge in [0.05, 0.1) is 0 Å². The van der Waals surface area contributed by atoms with Crippen LogP contribution in [0.3, 0.4) is 0 Å². The fraction of sp³-hybridized carbons (Fsp3) is 0.464. The number of nitrogens with one attached hydrogen (secondary N) is 1. The lowest BCUT2D eigenvalue weighted by Gasteiger charge is -2.29. The highest BCUT2D eigenvalue weighted by Gasteiger charge is 2.31. The molecule has 0 unspecified atom stereocenters. The molecule has 2 N–H and O–H groups in total. The van der Waals surface area contributed by atoms with E-state index in [1.807, 2.05) is 31.2 Å². The fourth-order valence-corrected chi connectivity index (χ4v) is 5.49. The second-order valence-corrected chi connectivity index (χ2v) is 9.51. The summed E-state index contributed by atoms with van der Waals surface area (Å²) in [5.41, 5.74) is 4.61. The summed E-state index contributed by atoms with van der Waals surface area (Å²) < 4.78 is 5.65. The Bertz CT molecular complexity index is 1020. The van der Waals surface area contributed by atoms with Crippen molar-refractivity contribution in [2.75, 3.05) is 13.2 Å². The van der Waals surface area contributed by atoms with E-state index in [0.29, 0.717) is 6.42 Å². The van der Waals surface area contributed by atoms with Crippen molar-refractivity contribution in [1.82, 2.24) is 10.2 Å². The maximum atomic E-state index is 13.0. The zero-order valence-corrected chi connectivity index (χ0v) is 20.2. The molecule has 7 heteroatoms. The molecule has 2 aromatic carbocycles. The molecule has 1 saturated carbocycles. The lowest BCUT2D eigenvalue weighted by atomic mass is 9.98. The van der Waals surface area contributed by atoms with Gasteiger partial charge in [0.15, 0.2) is 0 Å². The third-order valence-electron chi connectivity index (χ3n) is 7.12. The van der Waals surface area contributed by atoms with Crippen molar-refractivity contribution in [3.8, 4) is 11.1 Å². The van der Waals surface area contributed by atoms with Gasteiger partial charge in [-0.2, -0.15) is 0 Å². The number of carbonyl (C=O) groups is 3. The summed E-state index contributed by atoms with van der Waals surface area (Å²) in [7, 11) is 0. The Kier molecular flexibility index (Phi) is 8.06. The number of carbonyl (C=O) groups excluding carboxylic acids is 2.